The van der Waals surface area contributed by atoms with E-state index in [2.05, 4.69) is 4.98 Å². The third-order valence-corrected chi connectivity index (χ3v) is 5.98. The Morgan fingerprint density at radius 3 is 2.67 bits per heavy atom. The van der Waals surface area contributed by atoms with Gasteiger partial charge in [0.15, 0.2) is 0 Å². The molecule has 2 aromatic rings. The van der Waals surface area contributed by atoms with Crippen LogP contribution in [0.3, 0.4) is 0 Å². The van der Waals surface area contributed by atoms with Gasteiger partial charge in [-0.2, -0.15) is 0 Å². The lowest BCUT2D eigenvalue weighted by Crippen LogP contribution is -2.40. The largest absolute Gasteiger partial charge is 0.480 e. The van der Waals surface area contributed by atoms with Crippen molar-refractivity contribution in [3.63, 3.8) is 0 Å². The number of likely N-dealkylation sites (tertiary alicyclic amines) is 1. The Kier molecular flexibility index (Phi) is 6.74. The number of aromatic nitrogens is 1. The highest BCUT2D eigenvalue weighted by Crippen LogP contribution is 2.46. The fourth-order valence-corrected chi connectivity index (χ4v) is 4.11. The number of pyridine rings is 1. The number of carboxylic acids is 1. The molecular formula is C24H26ClFN2O5. The summed E-state index contributed by atoms with van der Waals surface area (Å²) in [5.41, 5.74) is 0.577. The lowest BCUT2D eigenvalue weighted by atomic mass is 10.0. The second-order valence-electron chi connectivity index (χ2n) is 8.90. The van der Waals surface area contributed by atoms with E-state index >= 15 is 4.39 Å². The van der Waals surface area contributed by atoms with Crippen molar-refractivity contribution < 1.29 is 28.6 Å². The molecule has 1 aromatic carbocycles. The van der Waals surface area contributed by atoms with Gasteiger partial charge in [-0.3, -0.25) is 4.79 Å². The van der Waals surface area contributed by atoms with Crippen LogP contribution in [0.25, 0.3) is 0 Å². The summed E-state index contributed by atoms with van der Waals surface area (Å²) < 4.78 is 26.5. The Balaban J connectivity index is 1.59. The second-order valence-corrected chi connectivity index (χ2v) is 9.31. The van der Waals surface area contributed by atoms with Crippen LogP contribution in [0.1, 0.15) is 61.4 Å². The van der Waals surface area contributed by atoms with Crippen LogP contribution in [0.4, 0.5) is 4.39 Å². The number of aliphatic carboxylic acids is 1. The smallest absolute Gasteiger partial charge is 0.326 e. The van der Waals surface area contributed by atoms with E-state index in [1.807, 2.05) is 13.8 Å². The van der Waals surface area contributed by atoms with E-state index in [1.165, 1.54) is 23.2 Å². The van der Waals surface area contributed by atoms with Gasteiger partial charge in [0.1, 0.15) is 28.4 Å². The first-order valence-electron chi connectivity index (χ1n) is 11.1. The number of nitrogens with zero attached hydrogens (tertiary/aromatic N) is 2. The van der Waals surface area contributed by atoms with Crippen molar-refractivity contribution in [2.75, 3.05) is 13.2 Å². The van der Waals surface area contributed by atoms with Gasteiger partial charge in [-0.15, -0.1) is 0 Å². The minimum Gasteiger partial charge on any atom is -0.480 e. The lowest BCUT2D eigenvalue weighted by Gasteiger charge is -2.22. The molecule has 4 rings (SSSR count). The molecule has 0 radical (unpaired) electrons. The Morgan fingerprint density at radius 2 is 2.03 bits per heavy atom. The van der Waals surface area contributed by atoms with Crippen LogP contribution >= 0.6 is 11.6 Å². The van der Waals surface area contributed by atoms with Crippen molar-refractivity contribution in [1.29, 1.82) is 0 Å². The van der Waals surface area contributed by atoms with Crippen molar-refractivity contribution in [3.05, 3.63) is 46.4 Å². The third kappa shape index (κ3) is 5.21. The molecule has 33 heavy (non-hydrogen) atoms. The Bertz CT molecular complexity index is 1070. The van der Waals surface area contributed by atoms with Gasteiger partial charge in [0.2, 0.25) is 5.88 Å². The summed E-state index contributed by atoms with van der Waals surface area (Å²) in [6.07, 6.45) is 4.20. The summed E-state index contributed by atoms with van der Waals surface area (Å²) in [6, 6.07) is 3.31. The number of carbonyl (C=O) groups is 2. The molecule has 2 aliphatic rings. The molecule has 1 amide bonds. The van der Waals surface area contributed by atoms with Gasteiger partial charge in [-0.1, -0.05) is 25.4 Å². The minimum atomic E-state index is -1.08. The van der Waals surface area contributed by atoms with E-state index in [1.54, 1.807) is 6.07 Å². The first-order valence-corrected chi connectivity index (χ1v) is 11.5. The fraction of sp³-hybridized carbons (Fsp3) is 0.458. The Hall–Kier alpha value is -2.87. The molecule has 0 unspecified atom stereocenters. The zero-order valence-corrected chi connectivity index (χ0v) is 19.3. The fourth-order valence-electron chi connectivity index (χ4n) is 3.90. The van der Waals surface area contributed by atoms with Crippen LogP contribution in [0.2, 0.25) is 5.02 Å². The van der Waals surface area contributed by atoms with E-state index < -0.39 is 23.7 Å². The highest BCUT2D eigenvalue weighted by molar-refractivity contribution is 6.31. The molecule has 1 saturated heterocycles. The molecule has 0 bridgehead atoms. The molecule has 1 aliphatic heterocycles. The monoisotopic (exact) mass is 476 g/mol. The SMILES string of the molecule is CC(C)COc1ncc(Oc2cc(F)c(C(=O)N3CCC[C@H]3C(=O)O)cc2C2CC2)cc1Cl. The summed E-state index contributed by atoms with van der Waals surface area (Å²) in [5, 5.41) is 9.66. The van der Waals surface area contributed by atoms with Crippen LogP contribution < -0.4 is 9.47 Å². The zero-order valence-electron chi connectivity index (χ0n) is 18.5. The van der Waals surface area contributed by atoms with Gasteiger partial charge in [0.05, 0.1) is 18.4 Å². The zero-order chi connectivity index (χ0) is 23.7. The van der Waals surface area contributed by atoms with Crippen LogP contribution in [0.15, 0.2) is 24.4 Å². The molecule has 1 atom stereocenters. The molecule has 1 aromatic heterocycles. The molecule has 2 heterocycles. The molecule has 7 nitrogen and oxygen atoms in total. The topological polar surface area (TPSA) is 89.0 Å². The number of hydrogen-bond acceptors (Lipinski definition) is 5. The molecule has 176 valence electrons. The summed E-state index contributed by atoms with van der Waals surface area (Å²) in [7, 11) is 0. The van der Waals surface area contributed by atoms with Crippen LogP contribution in [-0.2, 0) is 4.79 Å². The summed E-state index contributed by atoms with van der Waals surface area (Å²) in [4.78, 5) is 29.9. The standard InChI is InChI=1S/C24H26ClFN2O5/c1-13(2)12-32-22-18(25)8-15(11-27-22)33-21-10-19(26)17(9-16(21)14-5-6-14)23(29)28-7-3-4-20(28)24(30)31/h8-11,13-14,20H,3-7,12H2,1-2H3,(H,30,31)/t20-/m0/s1. The molecule has 2 fully saturated rings. The molecule has 1 saturated carbocycles. The predicted octanol–water partition coefficient (Wildman–Crippen LogP) is 5.27. The summed E-state index contributed by atoms with van der Waals surface area (Å²) in [6.45, 7) is 4.79. The van der Waals surface area contributed by atoms with Crippen molar-refractivity contribution in [1.82, 2.24) is 9.88 Å². The van der Waals surface area contributed by atoms with E-state index in [-0.39, 0.29) is 22.3 Å². The Labute approximate surface area is 196 Å². The molecule has 9 heteroatoms. The maximum absolute atomic E-state index is 15.0. The number of halogens is 2. The van der Waals surface area contributed by atoms with Crippen molar-refractivity contribution in [2.45, 2.75) is 51.5 Å². The normalized spacial score (nSPS) is 18.0. The number of carboxylic acid groups (broad SMARTS) is 1. The number of ether oxygens (including phenoxy) is 2. The van der Waals surface area contributed by atoms with Gasteiger partial charge < -0.3 is 19.5 Å². The van der Waals surface area contributed by atoms with E-state index in [0.717, 1.165) is 12.8 Å². The first-order chi connectivity index (χ1) is 15.7. The quantitative estimate of drug-likeness (QED) is 0.558. The van der Waals surface area contributed by atoms with E-state index in [0.29, 0.717) is 49.1 Å². The molecular weight excluding hydrogens is 451 g/mol. The van der Waals surface area contributed by atoms with Crippen molar-refractivity contribution in [3.8, 4) is 17.4 Å². The van der Waals surface area contributed by atoms with Gasteiger partial charge in [0, 0.05) is 18.7 Å². The van der Waals surface area contributed by atoms with Crippen LogP contribution in [0.5, 0.6) is 17.4 Å². The maximum atomic E-state index is 15.0. The van der Waals surface area contributed by atoms with E-state index in [4.69, 9.17) is 21.1 Å². The summed E-state index contributed by atoms with van der Waals surface area (Å²) in [5.74, 6) is -1.07. The highest BCUT2D eigenvalue weighted by atomic mass is 35.5. The number of rotatable bonds is 8. The van der Waals surface area contributed by atoms with Gasteiger partial charge in [0.25, 0.3) is 5.91 Å². The van der Waals surface area contributed by atoms with E-state index in [9.17, 15) is 14.7 Å². The lowest BCUT2D eigenvalue weighted by molar-refractivity contribution is -0.141. The summed E-state index contributed by atoms with van der Waals surface area (Å²) >= 11 is 6.26. The first kappa shape index (κ1) is 23.3. The van der Waals surface area contributed by atoms with Crippen LogP contribution in [0, 0.1) is 11.7 Å². The number of benzene rings is 1. The average molecular weight is 477 g/mol. The molecule has 0 spiro atoms. The van der Waals surface area contributed by atoms with Gasteiger partial charge in [-0.25, -0.2) is 14.2 Å². The average Bonchev–Trinajstić information content (AvgIpc) is 3.47. The third-order valence-electron chi connectivity index (χ3n) is 5.71. The minimum absolute atomic E-state index is 0.133. The Morgan fingerprint density at radius 1 is 1.27 bits per heavy atom. The highest BCUT2D eigenvalue weighted by Gasteiger charge is 2.37. The maximum Gasteiger partial charge on any atom is 0.326 e. The number of carbonyl (C=O) groups excluding carboxylic acids is 1. The number of amides is 1. The van der Waals surface area contributed by atoms with Crippen LogP contribution in [-0.4, -0.2) is 46.1 Å². The predicted molar refractivity (Wildman–Crippen MR) is 120 cm³/mol. The van der Waals surface area contributed by atoms with Crippen molar-refractivity contribution >= 4 is 23.5 Å². The van der Waals surface area contributed by atoms with Crippen molar-refractivity contribution in [2.24, 2.45) is 5.92 Å². The van der Waals surface area contributed by atoms with Gasteiger partial charge >= 0.3 is 5.97 Å². The number of hydrogen-bond donors (Lipinski definition) is 1. The van der Waals surface area contributed by atoms with Gasteiger partial charge in [-0.05, 0) is 49.1 Å². The molecule has 1 aliphatic carbocycles. The second kappa shape index (κ2) is 9.55. The molecule has 1 N–H and O–H groups in total.